The molecule has 0 saturated heterocycles. The fourth-order valence-corrected chi connectivity index (χ4v) is 2.59. The molecule has 3 rings (SSSR count). The summed E-state index contributed by atoms with van der Waals surface area (Å²) in [4.78, 5) is 12.7. The van der Waals surface area contributed by atoms with Crippen LogP contribution in [0.5, 0.6) is 11.5 Å². The smallest absolute Gasteiger partial charge is 0.196 e. The fourth-order valence-electron chi connectivity index (χ4n) is 2.59. The highest BCUT2D eigenvalue weighted by Gasteiger charge is 2.18. The van der Waals surface area contributed by atoms with Crippen LogP contribution in [-0.2, 0) is 6.42 Å². The second-order valence-electron chi connectivity index (χ2n) is 4.94. The van der Waals surface area contributed by atoms with E-state index in [-0.39, 0.29) is 5.78 Å². The fraction of sp³-hybridized carbons (Fsp3) is 0.235. The lowest BCUT2D eigenvalue weighted by Gasteiger charge is -2.10. The Bertz CT molecular complexity index is 694. The van der Waals surface area contributed by atoms with Gasteiger partial charge in [-0.25, -0.2) is 0 Å². The van der Waals surface area contributed by atoms with Gasteiger partial charge in [-0.05, 0) is 42.3 Å². The van der Waals surface area contributed by atoms with E-state index in [1.165, 1.54) is 5.56 Å². The molecule has 0 amide bonds. The second kappa shape index (κ2) is 5.48. The maximum atomic E-state index is 12.7. The van der Waals surface area contributed by atoms with Crippen molar-refractivity contribution in [1.29, 1.82) is 0 Å². The first-order valence-corrected chi connectivity index (χ1v) is 6.86. The molecule has 2 aromatic carbocycles. The van der Waals surface area contributed by atoms with Crippen molar-refractivity contribution in [2.45, 2.75) is 6.42 Å². The van der Waals surface area contributed by atoms with Crippen molar-refractivity contribution in [2.24, 2.45) is 0 Å². The third kappa shape index (κ3) is 2.44. The van der Waals surface area contributed by atoms with Crippen molar-refractivity contribution in [3.05, 3.63) is 53.1 Å². The molecular formula is C17H17NO3. The van der Waals surface area contributed by atoms with Gasteiger partial charge in [0.25, 0.3) is 0 Å². The van der Waals surface area contributed by atoms with Crippen LogP contribution in [0.25, 0.3) is 0 Å². The number of methoxy groups -OCH3 is 2. The lowest BCUT2D eigenvalue weighted by Crippen LogP contribution is -2.04. The minimum atomic E-state index is -0.0378. The Kier molecular flexibility index (Phi) is 3.52. The number of carbonyl (C=O) groups excluding carboxylic acids is 1. The minimum absolute atomic E-state index is 0.0378. The predicted octanol–water partition coefficient (Wildman–Crippen LogP) is 2.90. The maximum Gasteiger partial charge on any atom is 0.196 e. The number of benzene rings is 2. The first-order valence-electron chi connectivity index (χ1n) is 6.86. The number of rotatable bonds is 4. The van der Waals surface area contributed by atoms with Crippen LogP contribution in [0.1, 0.15) is 21.5 Å². The number of anilines is 1. The van der Waals surface area contributed by atoms with E-state index >= 15 is 0 Å². The van der Waals surface area contributed by atoms with Crippen LogP contribution in [0.4, 0.5) is 5.69 Å². The Morgan fingerprint density at radius 3 is 2.71 bits per heavy atom. The quantitative estimate of drug-likeness (QED) is 0.876. The lowest BCUT2D eigenvalue weighted by atomic mass is 9.99. The molecule has 1 aliphatic rings. The van der Waals surface area contributed by atoms with Crippen LogP contribution in [-0.4, -0.2) is 26.5 Å². The summed E-state index contributed by atoms with van der Waals surface area (Å²) in [6.07, 6.45) is 0.955. The van der Waals surface area contributed by atoms with E-state index < -0.39 is 0 Å². The van der Waals surface area contributed by atoms with Crippen molar-refractivity contribution in [2.75, 3.05) is 26.1 Å². The van der Waals surface area contributed by atoms with Crippen molar-refractivity contribution < 1.29 is 14.3 Å². The highest BCUT2D eigenvalue weighted by Crippen LogP contribution is 2.29. The van der Waals surface area contributed by atoms with Gasteiger partial charge in [-0.3, -0.25) is 4.79 Å². The standard InChI is InChI=1S/C17H17NO3/c1-20-13-4-5-14(16(10-13)21-2)17(19)12-3-6-15-11(9-12)7-8-18-15/h3-6,9-10,18H,7-8H2,1-2H3. The molecule has 4 nitrogen and oxygen atoms in total. The monoisotopic (exact) mass is 283 g/mol. The second-order valence-corrected chi connectivity index (χ2v) is 4.94. The predicted molar refractivity (Wildman–Crippen MR) is 81.6 cm³/mol. The first-order chi connectivity index (χ1) is 10.2. The highest BCUT2D eigenvalue weighted by molar-refractivity contribution is 6.11. The van der Waals surface area contributed by atoms with Gasteiger partial charge in [0.05, 0.1) is 19.8 Å². The summed E-state index contributed by atoms with van der Waals surface area (Å²) in [5, 5.41) is 3.29. The number of carbonyl (C=O) groups is 1. The average Bonchev–Trinajstić information content (AvgIpc) is 3.01. The molecule has 2 aromatic rings. The summed E-state index contributed by atoms with van der Waals surface area (Å²) in [5.74, 6) is 1.16. The zero-order valence-electron chi connectivity index (χ0n) is 12.1. The van der Waals surface area contributed by atoms with Crippen molar-refractivity contribution >= 4 is 11.5 Å². The molecule has 108 valence electrons. The molecule has 1 aliphatic heterocycles. The van der Waals surface area contributed by atoms with Gasteiger partial charge in [-0.15, -0.1) is 0 Å². The molecular weight excluding hydrogens is 266 g/mol. The van der Waals surface area contributed by atoms with Gasteiger partial charge in [0.1, 0.15) is 11.5 Å². The van der Waals surface area contributed by atoms with E-state index in [9.17, 15) is 4.79 Å². The molecule has 0 atom stereocenters. The number of hydrogen-bond acceptors (Lipinski definition) is 4. The molecule has 21 heavy (non-hydrogen) atoms. The number of fused-ring (bicyclic) bond motifs is 1. The van der Waals surface area contributed by atoms with E-state index in [2.05, 4.69) is 5.32 Å². The maximum absolute atomic E-state index is 12.7. The molecule has 4 heteroatoms. The zero-order chi connectivity index (χ0) is 14.8. The highest BCUT2D eigenvalue weighted by atomic mass is 16.5. The summed E-state index contributed by atoms with van der Waals surface area (Å²) in [6, 6.07) is 11.0. The van der Waals surface area contributed by atoms with E-state index in [1.54, 1.807) is 32.4 Å². The molecule has 0 bridgehead atoms. The SMILES string of the molecule is COc1ccc(C(=O)c2ccc3c(c2)CCN3)c(OC)c1. The normalized spacial score (nSPS) is 12.5. The van der Waals surface area contributed by atoms with Crippen LogP contribution in [0.15, 0.2) is 36.4 Å². The summed E-state index contributed by atoms with van der Waals surface area (Å²) in [6.45, 7) is 0.929. The van der Waals surface area contributed by atoms with Gasteiger partial charge in [0, 0.05) is 23.9 Å². The van der Waals surface area contributed by atoms with Crippen molar-refractivity contribution in [3.63, 3.8) is 0 Å². The number of nitrogens with one attached hydrogen (secondary N) is 1. The molecule has 0 fully saturated rings. The van der Waals surface area contributed by atoms with Gasteiger partial charge >= 0.3 is 0 Å². The van der Waals surface area contributed by atoms with Gasteiger partial charge in [-0.2, -0.15) is 0 Å². The Balaban J connectivity index is 1.98. The molecule has 1 heterocycles. The molecule has 1 N–H and O–H groups in total. The minimum Gasteiger partial charge on any atom is -0.497 e. The number of ketones is 1. The van der Waals surface area contributed by atoms with Crippen LogP contribution in [0, 0.1) is 0 Å². The lowest BCUT2D eigenvalue weighted by molar-refractivity contribution is 0.103. The van der Waals surface area contributed by atoms with Gasteiger partial charge in [0.15, 0.2) is 5.78 Å². The van der Waals surface area contributed by atoms with Gasteiger partial charge < -0.3 is 14.8 Å². The average molecular weight is 283 g/mol. The zero-order valence-corrected chi connectivity index (χ0v) is 12.1. The summed E-state index contributed by atoms with van der Waals surface area (Å²) >= 11 is 0. The molecule has 0 saturated carbocycles. The molecule has 0 unspecified atom stereocenters. The van der Waals surface area contributed by atoms with E-state index in [0.717, 1.165) is 18.7 Å². The van der Waals surface area contributed by atoms with Crippen LogP contribution in [0.2, 0.25) is 0 Å². The third-order valence-corrected chi connectivity index (χ3v) is 3.73. The molecule has 0 spiro atoms. The Morgan fingerprint density at radius 1 is 1.10 bits per heavy atom. The van der Waals surface area contributed by atoms with Crippen molar-refractivity contribution in [3.8, 4) is 11.5 Å². The summed E-state index contributed by atoms with van der Waals surface area (Å²) in [5.41, 5.74) is 3.53. The summed E-state index contributed by atoms with van der Waals surface area (Å²) < 4.78 is 10.5. The Hall–Kier alpha value is -2.49. The largest absolute Gasteiger partial charge is 0.497 e. The van der Waals surface area contributed by atoms with E-state index in [0.29, 0.717) is 22.6 Å². The number of ether oxygens (including phenoxy) is 2. The van der Waals surface area contributed by atoms with E-state index in [4.69, 9.17) is 9.47 Å². The topological polar surface area (TPSA) is 47.6 Å². The third-order valence-electron chi connectivity index (χ3n) is 3.73. The Morgan fingerprint density at radius 2 is 1.95 bits per heavy atom. The van der Waals surface area contributed by atoms with E-state index in [1.807, 2.05) is 18.2 Å². The van der Waals surface area contributed by atoms with Crippen LogP contribution in [0.3, 0.4) is 0 Å². The van der Waals surface area contributed by atoms with Gasteiger partial charge in [-0.1, -0.05) is 0 Å². The molecule has 0 aliphatic carbocycles. The van der Waals surface area contributed by atoms with Crippen LogP contribution >= 0.6 is 0 Å². The Labute approximate surface area is 123 Å². The van der Waals surface area contributed by atoms with Crippen molar-refractivity contribution in [1.82, 2.24) is 0 Å². The van der Waals surface area contributed by atoms with Crippen LogP contribution < -0.4 is 14.8 Å². The van der Waals surface area contributed by atoms with Gasteiger partial charge in [0.2, 0.25) is 0 Å². The molecule has 0 radical (unpaired) electrons. The molecule has 0 aromatic heterocycles. The number of hydrogen-bond donors (Lipinski definition) is 1. The first kappa shape index (κ1) is 13.5. The summed E-state index contributed by atoms with van der Waals surface area (Å²) in [7, 11) is 3.14.